The van der Waals surface area contributed by atoms with Crippen molar-refractivity contribution in [2.45, 2.75) is 32.9 Å². The smallest absolute Gasteiger partial charge is 0.257 e. The molecule has 0 N–H and O–H groups in total. The molecule has 0 aromatic carbocycles. The lowest BCUT2D eigenvalue weighted by atomic mass is 10.3. The molecule has 0 spiro atoms. The maximum Gasteiger partial charge on any atom is 0.257 e. The summed E-state index contributed by atoms with van der Waals surface area (Å²) in [7, 11) is 0. The van der Waals surface area contributed by atoms with Crippen molar-refractivity contribution in [3.8, 4) is 5.88 Å². The fourth-order valence-corrected chi connectivity index (χ4v) is 3.28. The zero-order chi connectivity index (χ0) is 16.1. The Morgan fingerprint density at radius 3 is 2.78 bits per heavy atom. The second-order valence-corrected chi connectivity index (χ2v) is 6.67. The molecule has 0 atom stereocenters. The number of anilines is 1. The van der Waals surface area contributed by atoms with E-state index in [0.717, 1.165) is 50.7 Å². The normalized spacial score (nSPS) is 16.6. The molecular formula is C16H23N5OS. The first-order valence-corrected chi connectivity index (χ1v) is 8.98. The SMILES string of the molecule is CC(C)Oc1nccnc1N1CCCN(Cc2cscn2)CC1. The Labute approximate surface area is 141 Å². The molecule has 1 saturated heterocycles. The monoisotopic (exact) mass is 333 g/mol. The van der Waals surface area contributed by atoms with E-state index < -0.39 is 0 Å². The summed E-state index contributed by atoms with van der Waals surface area (Å²) >= 11 is 1.66. The summed E-state index contributed by atoms with van der Waals surface area (Å²) in [4.78, 5) is 18.0. The summed E-state index contributed by atoms with van der Waals surface area (Å²) in [5.74, 6) is 1.49. The van der Waals surface area contributed by atoms with Crippen molar-refractivity contribution >= 4 is 17.2 Å². The number of ether oxygens (including phenoxy) is 1. The zero-order valence-electron chi connectivity index (χ0n) is 13.7. The lowest BCUT2D eigenvalue weighted by Gasteiger charge is -2.24. The molecule has 7 heteroatoms. The quantitative estimate of drug-likeness (QED) is 0.838. The fraction of sp³-hybridized carbons (Fsp3) is 0.562. The minimum absolute atomic E-state index is 0.0959. The molecule has 1 fully saturated rings. The number of thiazole rings is 1. The third-order valence-corrected chi connectivity index (χ3v) is 4.39. The van der Waals surface area contributed by atoms with Crippen LogP contribution in [0.1, 0.15) is 26.0 Å². The van der Waals surface area contributed by atoms with Gasteiger partial charge in [0.25, 0.3) is 5.88 Å². The molecule has 6 nitrogen and oxygen atoms in total. The van der Waals surface area contributed by atoms with Gasteiger partial charge in [-0.05, 0) is 20.3 Å². The highest BCUT2D eigenvalue weighted by molar-refractivity contribution is 7.07. The molecule has 124 valence electrons. The molecule has 3 heterocycles. The van der Waals surface area contributed by atoms with Gasteiger partial charge in [-0.3, -0.25) is 4.90 Å². The number of rotatable bonds is 5. The van der Waals surface area contributed by atoms with Gasteiger partial charge in [0.05, 0.1) is 17.3 Å². The Morgan fingerprint density at radius 1 is 1.13 bits per heavy atom. The summed E-state index contributed by atoms with van der Waals surface area (Å²) in [5, 5.41) is 2.12. The standard InChI is InChI=1S/C16H23N5OS/c1-13(2)22-16-15(17-4-5-18-16)21-7-3-6-20(8-9-21)10-14-11-23-12-19-14/h4-5,11-13H,3,6-10H2,1-2H3. The third-order valence-electron chi connectivity index (χ3n) is 3.75. The van der Waals surface area contributed by atoms with Gasteiger partial charge in [0.2, 0.25) is 0 Å². The van der Waals surface area contributed by atoms with Gasteiger partial charge < -0.3 is 9.64 Å². The van der Waals surface area contributed by atoms with E-state index in [1.807, 2.05) is 19.4 Å². The highest BCUT2D eigenvalue weighted by Gasteiger charge is 2.20. The van der Waals surface area contributed by atoms with Crippen LogP contribution in [0.5, 0.6) is 5.88 Å². The van der Waals surface area contributed by atoms with Gasteiger partial charge in [-0.15, -0.1) is 11.3 Å². The molecule has 2 aromatic rings. The molecule has 23 heavy (non-hydrogen) atoms. The summed E-state index contributed by atoms with van der Waals surface area (Å²) in [6.07, 6.45) is 4.62. The molecule has 0 amide bonds. The first kappa shape index (κ1) is 16.1. The molecule has 0 radical (unpaired) electrons. The predicted molar refractivity (Wildman–Crippen MR) is 92.0 cm³/mol. The van der Waals surface area contributed by atoms with Crippen molar-refractivity contribution in [2.24, 2.45) is 0 Å². The maximum atomic E-state index is 5.81. The van der Waals surface area contributed by atoms with E-state index in [1.54, 1.807) is 23.7 Å². The minimum atomic E-state index is 0.0959. The first-order chi connectivity index (χ1) is 11.2. The van der Waals surface area contributed by atoms with E-state index >= 15 is 0 Å². The average molecular weight is 333 g/mol. The van der Waals surface area contributed by atoms with Crippen LogP contribution in [0.2, 0.25) is 0 Å². The Hall–Kier alpha value is -1.73. The molecule has 0 unspecified atom stereocenters. The molecule has 2 aromatic heterocycles. The Morgan fingerprint density at radius 2 is 2.00 bits per heavy atom. The van der Waals surface area contributed by atoms with E-state index in [1.165, 1.54) is 0 Å². The molecule has 0 aliphatic carbocycles. The minimum Gasteiger partial charge on any atom is -0.472 e. The van der Waals surface area contributed by atoms with Crippen LogP contribution in [0.15, 0.2) is 23.3 Å². The van der Waals surface area contributed by atoms with Crippen molar-refractivity contribution in [1.82, 2.24) is 19.9 Å². The van der Waals surface area contributed by atoms with Gasteiger partial charge in [0.1, 0.15) is 0 Å². The fourth-order valence-electron chi connectivity index (χ4n) is 2.73. The van der Waals surface area contributed by atoms with Crippen molar-refractivity contribution in [3.63, 3.8) is 0 Å². The van der Waals surface area contributed by atoms with Gasteiger partial charge in [0, 0.05) is 50.5 Å². The second-order valence-electron chi connectivity index (χ2n) is 5.95. The van der Waals surface area contributed by atoms with E-state index in [4.69, 9.17) is 4.74 Å². The van der Waals surface area contributed by atoms with Crippen LogP contribution in [0.3, 0.4) is 0 Å². The predicted octanol–water partition coefficient (Wildman–Crippen LogP) is 2.43. The lowest BCUT2D eigenvalue weighted by molar-refractivity contribution is 0.232. The molecule has 1 aliphatic rings. The summed E-state index contributed by atoms with van der Waals surface area (Å²) in [5.41, 5.74) is 3.06. The van der Waals surface area contributed by atoms with Gasteiger partial charge in [-0.1, -0.05) is 0 Å². The Kier molecular flexibility index (Phi) is 5.40. The van der Waals surface area contributed by atoms with Gasteiger partial charge >= 0.3 is 0 Å². The molecular weight excluding hydrogens is 310 g/mol. The van der Waals surface area contributed by atoms with E-state index in [2.05, 4.69) is 30.1 Å². The van der Waals surface area contributed by atoms with Crippen LogP contribution in [-0.2, 0) is 6.54 Å². The lowest BCUT2D eigenvalue weighted by Crippen LogP contribution is -2.31. The Bertz CT molecular complexity index is 604. The van der Waals surface area contributed by atoms with Crippen molar-refractivity contribution in [2.75, 3.05) is 31.1 Å². The van der Waals surface area contributed by atoms with E-state index in [0.29, 0.717) is 5.88 Å². The van der Waals surface area contributed by atoms with Crippen molar-refractivity contribution in [1.29, 1.82) is 0 Å². The van der Waals surface area contributed by atoms with Crippen LogP contribution < -0.4 is 9.64 Å². The van der Waals surface area contributed by atoms with Crippen LogP contribution in [0.25, 0.3) is 0 Å². The summed E-state index contributed by atoms with van der Waals surface area (Å²) < 4.78 is 5.81. The molecule has 0 bridgehead atoms. The van der Waals surface area contributed by atoms with Gasteiger partial charge in [-0.25, -0.2) is 15.0 Å². The summed E-state index contributed by atoms with van der Waals surface area (Å²) in [6.45, 7) is 8.92. The van der Waals surface area contributed by atoms with Gasteiger partial charge in [0.15, 0.2) is 5.82 Å². The number of aromatic nitrogens is 3. The highest BCUT2D eigenvalue weighted by atomic mass is 32.1. The Balaban J connectivity index is 1.66. The van der Waals surface area contributed by atoms with E-state index in [9.17, 15) is 0 Å². The molecule has 0 saturated carbocycles. The van der Waals surface area contributed by atoms with Crippen LogP contribution in [0, 0.1) is 0 Å². The highest BCUT2D eigenvalue weighted by Crippen LogP contribution is 2.24. The maximum absolute atomic E-state index is 5.81. The molecule has 1 aliphatic heterocycles. The zero-order valence-corrected chi connectivity index (χ0v) is 14.5. The van der Waals surface area contributed by atoms with Crippen LogP contribution in [-0.4, -0.2) is 52.1 Å². The number of nitrogens with zero attached hydrogens (tertiary/aromatic N) is 5. The van der Waals surface area contributed by atoms with Crippen molar-refractivity contribution in [3.05, 3.63) is 29.0 Å². The second kappa shape index (κ2) is 7.70. The summed E-state index contributed by atoms with van der Waals surface area (Å²) in [6, 6.07) is 0. The number of hydrogen-bond acceptors (Lipinski definition) is 7. The van der Waals surface area contributed by atoms with E-state index in [-0.39, 0.29) is 6.10 Å². The number of hydrogen-bond donors (Lipinski definition) is 0. The topological polar surface area (TPSA) is 54.4 Å². The molecule has 3 rings (SSSR count). The van der Waals surface area contributed by atoms with Gasteiger partial charge in [-0.2, -0.15) is 0 Å². The van der Waals surface area contributed by atoms with Crippen LogP contribution >= 0.6 is 11.3 Å². The first-order valence-electron chi connectivity index (χ1n) is 8.04. The average Bonchev–Trinajstić information content (AvgIpc) is 2.92. The largest absolute Gasteiger partial charge is 0.472 e. The van der Waals surface area contributed by atoms with Crippen LogP contribution in [0.4, 0.5) is 5.82 Å². The van der Waals surface area contributed by atoms with Crippen molar-refractivity contribution < 1.29 is 4.74 Å². The third kappa shape index (κ3) is 4.39.